The van der Waals surface area contributed by atoms with E-state index < -0.39 is 10.0 Å². The molecular weight excluding hydrogens is 332 g/mol. The van der Waals surface area contributed by atoms with Crippen molar-refractivity contribution in [3.63, 3.8) is 0 Å². The topological polar surface area (TPSA) is 81.4 Å². The van der Waals surface area contributed by atoms with Crippen LogP contribution in [0, 0.1) is 0 Å². The van der Waals surface area contributed by atoms with Crippen molar-refractivity contribution in [3.8, 4) is 0 Å². The molecular formula is C12H19BrN2O3S. The van der Waals surface area contributed by atoms with Crippen molar-refractivity contribution in [2.45, 2.75) is 24.3 Å². The standard InChI is InChI=1S/C12H19BrN2O3S/c1-18-7-3-2-6-15-19(16,17)12-5-4-10(9-14)8-11(12)13/h4-5,8,15H,2-3,6-7,9,14H2,1H3. The maximum absolute atomic E-state index is 12.1. The van der Waals surface area contributed by atoms with E-state index in [4.69, 9.17) is 10.5 Å². The Hall–Kier alpha value is -0.470. The van der Waals surface area contributed by atoms with Crippen LogP contribution in [0.25, 0.3) is 0 Å². The predicted octanol–water partition coefficient (Wildman–Crippen LogP) is 1.61. The van der Waals surface area contributed by atoms with E-state index in [1.54, 1.807) is 25.3 Å². The van der Waals surface area contributed by atoms with Crippen LogP contribution in [0.4, 0.5) is 0 Å². The van der Waals surface area contributed by atoms with Crippen molar-refractivity contribution < 1.29 is 13.2 Å². The van der Waals surface area contributed by atoms with E-state index in [9.17, 15) is 8.42 Å². The van der Waals surface area contributed by atoms with Crippen LogP contribution < -0.4 is 10.5 Å². The number of halogens is 1. The Kier molecular flexibility index (Phi) is 6.95. The van der Waals surface area contributed by atoms with Crippen LogP contribution in [-0.4, -0.2) is 28.7 Å². The molecule has 0 atom stereocenters. The number of benzene rings is 1. The molecule has 5 nitrogen and oxygen atoms in total. The molecule has 7 heteroatoms. The summed E-state index contributed by atoms with van der Waals surface area (Å²) in [5.41, 5.74) is 6.39. The van der Waals surface area contributed by atoms with E-state index in [1.165, 1.54) is 0 Å². The second-order valence-electron chi connectivity index (χ2n) is 4.07. The van der Waals surface area contributed by atoms with E-state index in [0.29, 0.717) is 24.2 Å². The Balaban J connectivity index is 2.67. The highest BCUT2D eigenvalue weighted by Gasteiger charge is 2.16. The van der Waals surface area contributed by atoms with Gasteiger partial charge in [0.2, 0.25) is 10.0 Å². The smallest absolute Gasteiger partial charge is 0.241 e. The molecule has 1 aromatic carbocycles. The average molecular weight is 351 g/mol. The second kappa shape index (κ2) is 7.96. The Labute approximate surface area is 122 Å². The van der Waals surface area contributed by atoms with E-state index in [1.807, 2.05) is 0 Å². The molecule has 0 saturated heterocycles. The minimum absolute atomic E-state index is 0.233. The lowest BCUT2D eigenvalue weighted by molar-refractivity contribution is 0.193. The zero-order valence-corrected chi connectivity index (χ0v) is 13.3. The van der Waals surface area contributed by atoms with E-state index >= 15 is 0 Å². The van der Waals surface area contributed by atoms with Crippen molar-refractivity contribution in [1.29, 1.82) is 0 Å². The summed E-state index contributed by atoms with van der Waals surface area (Å²) in [4.78, 5) is 0.233. The summed E-state index contributed by atoms with van der Waals surface area (Å²) in [7, 11) is -1.86. The summed E-state index contributed by atoms with van der Waals surface area (Å²) in [6, 6.07) is 4.99. The number of nitrogens with one attached hydrogen (secondary N) is 1. The highest BCUT2D eigenvalue weighted by molar-refractivity contribution is 9.10. The first-order chi connectivity index (χ1) is 9.01. The molecule has 108 valence electrons. The second-order valence-corrected chi connectivity index (χ2v) is 6.66. The fourth-order valence-corrected chi connectivity index (χ4v) is 3.74. The molecule has 0 aliphatic rings. The molecule has 0 spiro atoms. The Morgan fingerprint density at radius 2 is 2.11 bits per heavy atom. The normalized spacial score (nSPS) is 11.7. The number of methoxy groups -OCH3 is 1. The molecule has 1 rings (SSSR count). The first-order valence-corrected chi connectivity index (χ1v) is 8.26. The highest BCUT2D eigenvalue weighted by Crippen LogP contribution is 2.23. The van der Waals surface area contributed by atoms with Gasteiger partial charge in [0, 0.05) is 31.3 Å². The number of ether oxygens (including phenoxy) is 1. The molecule has 0 radical (unpaired) electrons. The number of sulfonamides is 1. The lowest BCUT2D eigenvalue weighted by Crippen LogP contribution is -2.25. The SMILES string of the molecule is COCCCCNS(=O)(=O)c1ccc(CN)cc1Br. The zero-order chi connectivity index (χ0) is 14.3. The summed E-state index contributed by atoms with van der Waals surface area (Å²) in [5, 5.41) is 0. The first-order valence-electron chi connectivity index (χ1n) is 5.98. The Morgan fingerprint density at radius 1 is 1.37 bits per heavy atom. The van der Waals surface area contributed by atoms with Crippen molar-refractivity contribution in [3.05, 3.63) is 28.2 Å². The third-order valence-electron chi connectivity index (χ3n) is 2.59. The molecule has 1 aromatic rings. The van der Waals surface area contributed by atoms with Crippen molar-refractivity contribution in [1.82, 2.24) is 4.72 Å². The highest BCUT2D eigenvalue weighted by atomic mass is 79.9. The molecule has 3 N–H and O–H groups in total. The van der Waals surface area contributed by atoms with Crippen molar-refractivity contribution in [2.24, 2.45) is 5.73 Å². The van der Waals surface area contributed by atoms with Crippen LogP contribution in [0.5, 0.6) is 0 Å². The molecule has 0 aliphatic heterocycles. The quantitative estimate of drug-likeness (QED) is 0.698. The average Bonchev–Trinajstić information content (AvgIpc) is 2.37. The van der Waals surface area contributed by atoms with Crippen LogP contribution in [0.15, 0.2) is 27.6 Å². The number of unbranched alkanes of at least 4 members (excludes halogenated alkanes) is 1. The van der Waals surface area contributed by atoms with Gasteiger partial charge in [0.25, 0.3) is 0 Å². The van der Waals surface area contributed by atoms with Crippen molar-refractivity contribution in [2.75, 3.05) is 20.3 Å². The molecule has 0 heterocycles. The maximum atomic E-state index is 12.1. The van der Waals surface area contributed by atoms with E-state index in [0.717, 1.165) is 18.4 Å². The summed E-state index contributed by atoms with van der Waals surface area (Å²) < 4.78 is 32.2. The fourth-order valence-electron chi connectivity index (χ4n) is 1.54. The minimum Gasteiger partial charge on any atom is -0.385 e. The van der Waals surface area contributed by atoms with E-state index in [2.05, 4.69) is 20.7 Å². The van der Waals surface area contributed by atoms with Gasteiger partial charge in [-0.05, 0) is 46.5 Å². The van der Waals surface area contributed by atoms with E-state index in [-0.39, 0.29) is 4.90 Å². The first kappa shape index (κ1) is 16.6. The largest absolute Gasteiger partial charge is 0.385 e. The minimum atomic E-state index is -3.48. The van der Waals surface area contributed by atoms with Crippen molar-refractivity contribution >= 4 is 26.0 Å². The monoisotopic (exact) mass is 350 g/mol. The van der Waals surface area contributed by atoms with Crippen LogP contribution >= 0.6 is 15.9 Å². The molecule has 0 bridgehead atoms. The third-order valence-corrected chi connectivity index (χ3v) is 5.03. The van der Waals surface area contributed by atoms with Gasteiger partial charge in [-0.1, -0.05) is 6.07 Å². The van der Waals surface area contributed by atoms with Crippen LogP contribution in [0.1, 0.15) is 18.4 Å². The van der Waals surface area contributed by atoms with Gasteiger partial charge in [0.15, 0.2) is 0 Å². The van der Waals surface area contributed by atoms with Gasteiger partial charge in [-0.3, -0.25) is 0 Å². The van der Waals surface area contributed by atoms with Gasteiger partial charge in [-0.2, -0.15) is 0 Å². The lowest BCUT2D eigenvalue weighted by atomic mass is 10.2. The Morgan fingerprint density at radius 3 is 2.68 bits per heavy atom. The lowest BCUT2D eigenvalue weighted by Gasteiger charge is -2.09. The van der Waals surface area contributed by atoms with Gasteiger partial charge in [0.05, 0.1) is 4.90 Å². The summed E-state index contributed by atoms with van der Waals surface area (Å²) in [6.07, 6.45) is 1.57. The number of hydrogen-bond donors (Lipinski definition) is 2. The van der Waals surface area contributed by atoms with Crippen LogP contribution in [-0.2, 0) is 21.3 Å². The van der Waals surface area contributed by atoms with Gasteiger partial charge in [0.1, 0.15) is 0 Å². The fraction of sp³-hybridized carbons (Fsp3) is 0.500. The maximum Gasteiger partial charge on any atom is 0.241 e. The molecule has 0 fully saturated rings. The van der Waals surface area contributed by atoms with Gasteiger partial charge < -0.3 is 10.5 Å². The van der Waals surface area contributed by atoms with Gasteiger partial charge >= 0.3 is 0 Å². The summed E-state index contributed by atoms with van der Waals surface area (Å²) in [5.74, 6) is 0. The molecule has 0 saturated carbocycles. The Bertz CT molecular complexity index is 506. The van der Waals surface area contributed by atoms with Crippen LogP contribution in [0.2, 0.25) is 0 Å². The molecule has 0 aliphatic carbocycles. The molecule has 19 heavy (non-hydrogen) atoms. The van der Waals surface area contributed by atoms with Crippen LogP contribution in [0.3, 0.4) is 0 Å². The number of nitrogens with two attached hydrogens (primary N) is 1. The number of rotatable bonds is 8. The summed E-state index contributed by atoms with van der Waals surface area (Å²) in [6.45, 7) is 1.41. The zero-order valence-electron chi connectivity index (χ0n) is 10.9. The molecule has 0 amide bonds. The molecule has 0 unspecified atom stereocenters. The predicted molar refractivity (Wildman–Crippen MR) is 78.3 cm³/mol. The van der Waals surface area contributed by atoms with Gasteiger partial charge in [-0.15, -0.1) is 0 Å². The summed E-state index contributed by atoms with van der Waals surface area (Å²) >= 11 is 3.26. The van der Waals surface area contributed by atoms with Gasteiger partial charge in [-0.25, -0.2) is 13.1 Å². The number of hydrogen-bond acceptors (Lipinski definition) is 4. The third kappa shape index (κ3) is 5.19. The molecule has 0 aromatic heterocycles.